The highest BCUT2D eigenvalue weighted by atomic mass is 16.5. The third kappa shape index (κ3) is 5.00. The van der Waals surface area contributed by atoms with Crippen molar-refractivity contribution in [2.45, 2.75) is 32.3 Å². The lowest BCUT2D eigenvalue weighted by Gasteiger charge is -2.37. The molecule has 0 unspecified atom stereocenters. The van der Waals surface area contributed by atoms with E-state index in [0.717, 1.165) is 44.1 Å². The zero-order chi connectivity index (χ0) is 20.9. The summed E-state index contributed by atoms with van der Waals surface area (Å²) in [6.45, 7) is 9.66. The van der Waals surface area contributed by atoms with Crippen LogP contribution in [-0.4, -0.2) is 84.9 Å². The second-order valence-electron chi connectivity index (χ2n) is 7.61. The van der Waals surface area contributed by atoms with E-state index in [1.54, 1.807) is 11.8 Å². The monoisotopic (exact) mass is 404 g/mol. The number of urea groups is 1. The van der Waals surface area contributed by atoms with Crippen molar-refractivity contribution in [3.8, 4) is 0 Å². The van der Waals surface area contributed by atoms with Gasteiger partial charge in [0.05, 0.1) is 18.0 Å². The van der Waals surface area contributed by atoms with Crippen LogP contribution in [-0.2, 0) is 9.53 Å². The summed E-state index contributed by atoms with van der Waals surface area (Å²) < 4.78 is 4.96. The highest BCUT2D eigenvalue weighted by Gasteiger charge is 2.41. The lowest BCUT2D eigenvalue weighted by molar-refractivity contribution is -0.169. The first-order valence-electron chi connectivity index (χ1n) is 10.5. The number of esters is 1. The number of piperidine rings is 1. The first kappa shape index (κ1) is 21.4. The molecule has 160 valence electrons. The number of piperazine rings is 1. The van der Waals surface area contributed by atoms with E-state index in [4.69, 9.17) is 4.74 Å². The number of aliphatic hydroxyl groups is 1. The number of hydrogen-bond acceptors (Lipinski definition) is 6. The molecule has 0 radical (unpaired) electrons. The van der Waals surface area contributed by atoms with Crippen LogP contribution >= 0.6 is 0 Å². The minimum Gasteiger partial charge on any atom is -0.464 e. The first-order valence-corrected chi connectivity index (χ1v) is 10.5. The quantitative estimate of drug-likeness (QED) is 0.728. The zero-order valence-corrected chi connectivity index (χ0v) is 17.4. The summed E-state index contributed by atoms with van der Waals surface area (Å²) in [5.41, 5.74) is 0.314. The molecule has 0 aromatic heterocycles. The van der Waals surface area contributed by atoms with Crippen LogP contribution < -0.4 is 10.2 Å². The largest absolute Gasteiger partial charge is 0.464 e. The Kier molecular flexibility index (Phi) is 6.97. The maximum Gasteiger partial charge on any atom is 0.338 e. The Morgan fingerprint density at radius 2 is 1.72 bits per heavy atom. The summed E-state index contributed by atoms with van der Waals surface area (Å²) in [5.74, 6) is -0.600. The number of ether oxygens (including phenoxy) is 1. The number of likely N-dealkylation sites (N-methyl/N-ethyl adjacent to an activating group) is 1. The van der Waals surface area contributed by atoms with Crippen LogP contribution in [0.1, 0.15) is 26.7 Å². The molecule has 3 rings (SSSR count). The van der Waals surface area contributed by atoms with E-state index < -0.39 is 11.6 Å². The molecular weight excluding hydrogens is 372 g/mol. The number of nitrogens with one attached hydrogen (secondary N) is 1. The Morgan fingerprint density at radius 3 is 2.34 bits per heavy atom. The lowest BCUT2D eigenvalue weighted by atomic mass is 9.92. The number of benzene rings is 1. The van der Waals surface area contributed by atoms with Crippen molar-refractivity contribution in [1.82, 2.24) is 9.80 Å². The van der Waals surface area contributed by atoms with Crippen molar-refractivity contribution >= 4 is 23.4 Å². The molecule has 2 fully saturated rings. The van der Waals surface area contributed by atoms with Crippen LogP contribution in [0.2, 0.25) is 0 Å². The van der Waals surface area contributed by atoms with E-state index in [1.165, 1.54) is 0 Å². The molecule has 0 saturated carbocycles. The Balaban J connectivity index is 1.60. The molecule has 0 bridgehead atoms. The van der Waals surface area contributed by atoms with Crippen LogP contribution in [0.4, 0.5) is 16.2 Å². The normalized spacial score (nSPS) is 19.7. The van der Waals surface area contributed by atoms with Crippen LogP contribution in [0, 0.1) is 0 Å². The number of carbonyl (C=O) groups excluding carboxylic acids is 2. The molecule has 2 aliphatic rings. The van der Waals surface area contributed by atoms with Gasteiger partial charge in [-0.25, -0.2) is 9.59 Å². The predicted molar refractivity (Wildman–Crippen MR) is 112 cm³/mol. The SMILES string of the molecule is CCOC(=O)C1(O)CCN(C(=O)Nc2ccccc2N2CCN(CC)CC2)CC1. The summed E-state index contributed by atoms with van der Waals surface area (Å²) in [5, 5.41) is 13.5. The van der Waals surface area contributed by atoms with Crippen LogP contribution in [0.25, 0.3) is 0 Å². The summed E-state index contributed by atoms with van der Waals surface area (Å²) in [7, 11) is 0. The van der Waals surface area contributed by atoms with Crippen LogP contribution in [0.3, 0.4) is 0 Å². The van der Waals surface area contributed by atoms with Gasteiger partial charge in [-0.3, -0.25) is 0 Å². The number of nitrogens with zero attached hydrogens (tertiary/aromatic N) is 3. The standard InChI is InChI=1S/C21H32N4O4/c1-3-23-13-15-24(16-14-23)18-8-6-5-7-17(18)22-20(27)25-11-9-21(28,10-12-25)19(26)29-4-2/h5-8,28H,3-4,9-16H2,1-2H3,(H,22,27). The predicted octanol–water partition coefficient (Wildman–Crippen LogP) is 1.75. The second-order valence-corrected chi connectivity index (χ2v) is 7.61. The van der Waals surface area contributed by atoms with E-state index >= 15 is 0 Å². The lowest BCUT2D eigenvalue weighted by Crippen LogP contribution is -2.52. The molecule has 2 heterocycles. The molecule has 0 spiro atoms. The maximum atomic E-state index is 12.8. The van der Waals surface area contributed by atoms with E-state index in [2.05, 4.69) is 22.0 Å². The molecular formula is C21H32N4O4. The average Bonchev–Trinajstić information content (AvgIpc) is 2.75. The average molecular weight is 405 g/mol. The van der Waals surface area contributed by atoms with Gasteiger partial charge in [0.25, 0.3) is 0 Å². The van der Waals surface area contributed by atoms with Crippen molar-refractivity contribution in [3.05, 3.63) is 24.3 Å². The van der Waals surface area contributed by atoms with Crippen LogP contribution in [0.5, 0.6) is 0 Å². The number of amides is 2. The molecule has 1 aromatic rings. The van der Waals surface area contributed by atoms with Crippen molar-refractivity contribution < 1.29 is 19.4 Å². The minimum absolute atomic E-state index is 0.180. The Morgan fingerprint density at radius 1 is 1.07 bits per heavy atom. The van der Waals surface area contributed by atoms with Gasteiger partial charge in [0.2, 0.25) is 0 Å². The molecule has 8 heteroatoms. The molecule has 2 amide bonds. The van der Waals surface area contributed by atoms with Gasteiger partial charge in [0.1, 0.15) is 0 Å². The summed E-state index contributed by atoms with van der Waals surface area (Å²) in [6.07, 6.45) is 0.361. The molecule has 0 atom stereocenters. The molecule has 1 aromatic carbocycles. The molecule has 2 N–H and O–H groups in total. The number of rotatable bonds is 5. The fourth-order valence-electron chi connectivity index (χ4n) is 3.90. The first-order chi connectivity index (χ1) is 14.0. The highest BCUT2D eigenvalue weighted by Crippen LogP contribution is 2.28. The van der Waals surface area contributed by atoms with Gasteiger partial charge >= 0.3 is 12.0 Å². The fraction of sp³-hybridized carbons (Fsp3) is 0.619. The number of hydrogen-bond donors (Lipinski definition) is 2. The van der Waals surface area contributed by atoms with Gasteiger partial charge in [-0.1, -0.05) is 19.1 Å². The third-order valence-corrected chi connectivity index (χ3v) is 5.84. The third-order valence-electron chi connectivity index (χ3n) is 5.84. The Labute approximate surface area is 172 Å². The minimum atomic E-state index is -1.50. The van der Waals surface area contributed by atoms with Crippen molar-refractivity contribution in [2.24, 2.45) is 0 Å². The van der Waals surface area contributed by atoms with E-state index in [9.17, 15) is 14.7 Å². The molecule has 0 aliphatic carbocycles. The van der Waals surface area contributed by atoms with Gasteiger partial charge < -0.3 is 29.9 Å². The van der Waals surface area contributed by atoms with E-state index in [-0.39, 0.29) is 25.5 Å². The number of likely N-dealkylation sites (tertiary alicyclic amines) is 1. The van der Waals surface area contributed by atoms with Gasteiger partial charge in [-0.05, 0) is 25.6 Å². The summed E-state index contributed by atoms with van der Waals surface area (Å²) in [6, 6.07) is 7.63. The fourth-order valence-corrected chi connectivity index (χ4v) is 3.90. The molecule has 2 saturated heterocycles. The Hall–Kier alpha value is -2.32. The number of anilines is 2. The van der Waals surface area contributed by atoms with Crippen LogP contribution in [0.15, 0.2) is 24.3 Å². The highest BCUT2D eigenvalue weighted by molar-refractivity contribution is 5.93. The summed E-state index contributed by atoms with van der Waals surface area (Å²) in [4.78, 5) is 31.1. The Bertz CT molecular complexity index is 710. The number of para-hydroxylation sites is 2. The van der Waals surface area contributed by atoms with Gasteiger partial charge in [-0.15, -0.1) is 0 Å². The topological polar surface area (TPSA) is 85.3 Å². The van der Waals surface area contributed by atoms with E-state index in [0.29, 0.717) is 13.1 Å². The van der Waals surface area contributed by atoms with Crippen molar-refractivity contribution in [1.29, 1.82) is 0 Å². The smallest absolute Gasteiger partial charge is 0.338 e. The van der Waals surface area contributed by atoms with Crippen molar-refractivity contribution in [3.63, 3.8) is 0 Å². The van der Waals surface area contributed by atoms with Gasteiger partial charge in [0, 0.05) is 52.1 Å². The maximum absolute atomic E-state index is 12.8. The summed E-state index contributed by atoms with van der Waals surface area (Å²) >= 11 is 0. The number of carbonyl (C=O) groups is 2. The second kappa shape index (κ2) is 9.45. The van der Waals surface area contributed by atoms with Crippen molar-refractivity contribution in [2.75, 3.05) is 62.6 Å². The van der Waals surface area contributed by atoms with E-state index in [1.807, 2.05) is 24.3 Å². The zero-order valence-electron chi connectivity index (χ0n) is 17.4. The van der Waals surface area contributed by atoms with Gasteiger partial charge in [0.15, 0.2) is 5.60 Å². The molecule has 29 heavy (non-hydrogen) atoms. The molecule has 8 nitrogen and oxygen atoms in total. The molecule has 2 aliphatic heterocycles. The van der Waals surface area contributed by atoms with Gasteiger partial charge in [-0.2, -0.15) is 0 Å².